The first-order valence-corrected chi connectivity index (χ1v) is 4.56. The SMILES string of the molecule is O=C1C(=O)C(c2c(F)c(F)c(F)c(F)c2F)C1O. The molecule has 0 heterocycles. The Morgan fingerprint density at radius 2 is 1.11 bits per heavy atom. The molecule has 0 amide bonds. The van der Waals surface area contributed by atoms with Crippen LogP contribution in [0, 0.1) is 29.1 Å². The molecule has 1 N–H and O–H groups in total. The summed E-state index contributed by atoms with van der Waals surface area (Å²) in [5.74, 6) is -16.1. The molecule has 1 saturated carbocycles. The molecule has 0 bridgehead atoms. The molecule has 0 saturated heterocycles. The highest BCUT2D eigenvalue weighted by molar-refractivity contribution is 6.48. The van der Waals surface area contributed by atoms with Crippen molar-refractivity contribution in [3.63, 3.8) is 0 Å². The van der Waals surface area contributed by atoms with E-state index in [0.717, 1.165) is 0 Å². The molecule has 0 radical (unpaired) electrons. The summed E-state index contributed by atoms with van der Waals surface area (Å²) < 4.78 is 64.9. The van der Waals surface area contributed by atoms with Crippen LogP contribution in [0.2, 0.25) is 0 Å². The quantitative estimate of drug-likeness (QED) is 0.357. The normalized spacial score (nSPS) is 23.2. The van der Waals surface area contributed by atoms with Gasteiger partial charge in [0.25, 0.3) is 0 Å². The highest BCUT2D eigenvalue weighted by Gasteiger charge is 2.52. The molecule has 18 heavy (non-hydrogen) atoms. The number of aliphatic hydroxyl groups excluding tert-OH is 1. The maximum atomic E-state index is 13.3. The van der Waals surface area contributed by atoms with Crippen molar-refractivity contribution in [2.75, 3.05) is 0 Å². The van der Waals surface area contributed by atoms with Gasteiger partial charge in [-0.2, -0.15) is 0 Å². The summed E-state index contributed by atoms with van der Waals surface area (Å²) in [5.41, 5.74) is -1.48. The van der Waals surface area contributed by atoms with Gasteiger partial charge in [0.05, 0.1) is 5.92 Å². The Bertz CT molecular complexity index is 554. The van der Waals surface area contributed by atoms with E-state index >= 15 is 0 Å². The van der Waals surface area contributed by atoms with Gasteiger partial charge in [0, 0.05) is 5.56 Å². The average Bonchev–Trinajstić information content (AvgIpc) is 2.37. The van der Waals surface area contributed by atoms with Crippen molar-refractivity contribution in [3.8, 4) is 0 Å². The fraction of sp³-hybridized carbons (Fsp3) is 0.200. The third-order valence-corrected chi connectivity index (χ3v) is 2.66. The molecular weight excluding hydrogens is 263 g/mol. The number of carbonyl (C=O) groups is 2. The maximum absolute atomic E-state index is 13.3. The second kappa shape index (κ2) is 3.84. The van der Waals surface area contributed by atoms with Gasteiger partial charge in [-0.25, -0.2) is 22.0 Å². The summed E-state index contributed by atoms with van der Waals surface area (Å²) in [6, 6.07) is 0. The smallest absolute Gasteiger partial charge is 0.228 e. The van der Waals surface area contributed by atoms with Gasteiger partial charge in [-0.05, 0) is 0 Å². The molecule has 1 fully saturated rings. The van der Waals surface area contributed by atoms with Gasteiger partial charge < -0.3 is 5.11 Å². The number of Topliss-reactive ketones (excluding diaryl/α,β-unsaturated/α-hetero) is 2. The first-order valence-electron chi connectivity index (χ1n) is 4.56. The van der Waals surface area contributed by atoms with Gasteiger partial charge in [0.15, 0.2) is 23.3 Å². The van der Waals surface area contributed by atoms with Crippen molar-refractivity contribution in [2.45, 2.75) is 12.0 Å². The number of rotatable bonds is 1. The van der Waals surface area contributed by atoms with E-state index in [1.807, 2.05) is 0 Å². The van der Waals surface area contributed by atoms with Gasteiger partial charge in [0.2, 0.25) is 17.4 Å². The third kappa shape index (κ3) is 1.38. The minimum atomic E-state index is -2.37. The highest BCUT2D eigenvalue weighted by atomic mass is 19.2. The lowest BCUT2D eigenvalue weighted by Gasteiger charge is -2.29. The van der Waals surface area contributed by atoms with Crippen LogP contribution in [0.15, 0.2) is 0 Å². The van der Waals surface area contributed by atoms with Crippen molar-refractivity contribution in [3.05, 3.63) is 34.6 Å². The van der Waals surface area contributed by atoms with E-state index in [-0.39, 0.29) is 0 Å². The Morgan fingerprint density at radius 3 is 1.50 bits per heavy atom. The van der Waals surface area contributed by atoms with Gasteiger partial charge in [0.1, 0.15) is 6.10 Å². The minimum Gasteiger partial charge on any atom is -0.384 e. The lowest BCUT2D eigenvalue weighted by atomic mass is 9.74. The molecule has 1 aliphatic rings. The zero-order chi connectivity index (χ0) is 13.8. The predicted molar refractivity (Wildman–Crippen MR) is 45.0 cm³/mol. The molecule has 1 aromatic rings. The van der Waals surface area contributed by atoms with E-state index in [4.69, 9.17) is 5.11 Å². The van der Waals surface area contributed by atoms with E-state index < -0.39 is 58.2 Å². The molecule has 0 spiro atoms. The Labute approximate surface area is 95.8 Å². The number of carbonyl (C=O) groups excluding carboxylic acids is 2. The third-order valence-electron chi connectivity index (χ3n) is 2.66. The summed E-state index contributed by atoms with van der Waals surface area (Å²) in [6.45, 7) is 0. The second-order valence-electron chi connectivity index (χ2n) is 3.63. The molecule has 8 heteroatoms. The van der Waals surface area contributed by atoms with Crippen molar-refractivity contribution in [1.82, 2.24) is 0 Å². The Kier molecular flexibility index (Phi) is 2.69. The number of halogens is 5. The zero-order valence-electron chi connectivity index (χ0n) is 8.31. The molecule has 3 nitrogen and oxygen atoms in total. The lowest BCUT2D eigenvalue weighted by molar-refractivity contribution is -0.154. The summed E-state index contributed by atoms with van der Waals surface area (Å²) in [7, 11) is 0. The summed E-state index contributed by atoms with van der Waals surface area (Å²) in [5, 5.41) is 9.06. The molecule has 2 unspecified atom stereocenters. The van der Waals surface area contributed by atoms with Gasteiger partial charge >= 0.3 is 0 Å². The molecule has 1 aliphatic carbocycles. The maximum Gasteiger partial charge on any atom is 0.228 e. The van der Waals surface area contributed by atoms with Crippen LogP contribution in [0.25, 0.3) is 0 Å². The van der Waals surface area contributed by atoms with Gasteiger partial charge in [-0.3, -0.25) is 9.59 Å². The van der Waals surface area contributed by atoms with Crippen molar-refractivity contribution < 1.29 is 36.6 Å². The van der Waals surface area contributed by atoms with Crippen LogP contribution in [0.1, 0.15) is 11.5 Å². The van der Waals surface area contributed by atoms with E-state index in [9.17, 15) is 31.5 Å². The van der Waals surface area contributed by atoms with Gasteiger partial charge in [-0.15, -0.1) is 0 Å². The lowest BCUT2D eigenvalue weighted by Crippen LogP contribution is -2.51. The fourth-order valence-corrected chi connectivity index (χ4v) is 1.68. The van der Waals surface area contributed by atoms with Crippen LogP contribution in [0.3, 0.4) is 0 Å². The molecular formula is C10H3F5O3. The zero-order valence-corrected chi connectivity index (χ0v) is 8.31. The molecule has 2 atom stereocenters. The molecule has 96 valence electrons. The standard InChI is InChI=1S/C10H3F5O3/c11-3-1(2-8(16)10(18)9(2)17)4(12)6(14)7(15)5(3)13/h2,8,16H. The van der Waals surface area contributed by atoms with Crippen molar-refractivity contribution in [2.24, 2.45) is 0 Å². The Morgan fingerprint density at radius 1 is 0.722 bits per heavy atom. The van der Waals surface area contributed by atoms with Crippen molar-refractivity contribution in [1.29, 1.82) is 0 Å². The topological polar surface area (TPSA) is 54.4 Å². The number of benzene rings is 1. The number of hydrogen-bond donors (Lipinski definition) is 1. The predicted octanol–water partition coefficient (Wildman–Crippen LogP) is 0.978. The number of aliphatic hydroxyl groups is 1. The monoisotopic (exact) mass is 266 g/mol. The summed E-state index contributed by atoms with van der Waals surface area (Å²) in [4.78, 5) is 21.7. The number of hydrogen-bond acceptors (Lipinski definition) is 3. The first-order chi connectivity index (χ1) is 8.29. The van der Waals surface area contributed by atoms with Crippen LogP contribution < -0.4 is 0 Å². The fourth-order valence-electron chi connectivity index (χ4n) is 1.68. The van der Waals surface area contributed by atoms with Crippen LogP contribution in [-0.4, -0.2) is 22.8 Å². The molecule has 2 rings (SSSR count). The van der Waals surface area contributed by atoms with Crippen LogP contribution in [0.4, 0.5) is 22.0 Å². The molecule has 1 aromatic carbocycles. The Balaban J connectivity index is 2.66. The molecule has 0 aromatic heterocycles. The summed E-state index contributed by atoms with van der Waals surface area (Å²) >= 11 is 0. The van der Waals surface area contributed by atoms with E-state index in [0.29, 0.717) is 0 Å². The molecule has 0 aliphatic heterocycles. The summed E-state index contributed by atoms with van der Waals surface area (Å²) in [6.07, 6.45) is -2.09. The largest absolute Gasteiger partial charge is 0.384 e. The van der Waals surface area contributed by atoms with Crippen molar-refractivity contribution >= 4 is 11.6 Å². The second-order valence-corrected chi connectivity index (χ2v) is 3.63. The van der Waals surface area contributed by atoms with E-state index in [1.54, 1.807) is 0 Å². The Hall–Kier alpha value is -1.83. The van der Waals surface area contributed by atoms with E-state index in [1.165, 1.54) is 0 Å². The van der Waals surface area contributed by atoms with Crippen LogP contribution in [-0.2, 0) is 9.59 Å². The van der Waals surface area contributed by atoms with Crippen LogP contribution >= 0.6 is 0 Å². The first kappa shape index (κ1) is 12.6. The van der Waals surface area contributed by atoms with Crippen LogP contribution in [0.5, 0.6) is 0 Å². The van der Waals surface area contributed by atoms with Gasteiger partial charge in [-0.1, -0.05) is 0 Å². The van der Waals surface area contributed by atoms with E-state index in [2.05, 4.69) is 0 Å². The minimum absolute atomic E-state index is 1.33. The highest BCUT2D eigenvalue weighted by Crippen LogP contribution is 2.36. The number of ketones is 2. The average molecular weight is 266 g/mol.